The van der Waals surface area contributed by atoms with Crippen molar-refractivity contribution < 1.29 is 9.53 Å². The number of nitrogens with two attached hydrogens (primary N) is 1. The zero-order valence-electron chi connectivity index (χ0n) is 18.0. The number of carbonyl (C=O) groups excluding carboxylic acids is 1. The van der Waals surface area contributed by atoms with Crippen LogP contribution in [0.2, 0.25) is 0 Å². The van der Waals surface area contributed by atoms with Crippen LogP contribution in [0.15, 0.2) is 18.2 Å². The Kier molecular flexibility index (Phi) is 9.79. The first-order valence-electron chi connectivity index (χ1n) is 11.1. The molecule has 0 aliphatic carbocycles. The van der Waals surface area contributed by atoms with Crippen LogP contribution in [-0.2, 0) is 0 Å². The lowest BCUT2D eigenvalue weighted by atomic mass is 9.91. The molecule has 1 aliphatic rings. The topological polar surface area (TPSA) is 67.6 Å². The zero-order chi connectivity index (χ0) is 20.4. The van der Waals surface area contributed by atoms with Crippen molar-refractivity contribution in [1.82, 2.24) is 10.2 Å². The molecule has 158 valence electrons. The summed E-state index contributed by atoms with van der Waals surface area (Å²) in [4.78, 5) is 14.5. The largest absolute Gasteiger partial charge is 0.493 e. The number of hydrogen-bond donors (Lipinski definition) is 2. The number of carbonyl (C=O) groups is 1. The summed E-state index contributed by atoms with van der Waals surface area (Å²) in [6.45, 7) is 11.2. The standard InChI is InChI=1S/C23H39N3O2/c1-4-6-7-8-18(3)9-11-21(26-15-13-25-14-16-26)19-10-12-22(28-5-2)20(17-19)23(24)27/h10,12,17-18,21,25H,4-9,11,13-16H2,1-3H3,(H2,24,27). The monoisotopic (exact) mass is 389 g/mol. The van der Waals surface area contributed by atoms with Gasteiger partial charge in [-0.25, -0.2) is 0 Å². The minimum atomic E-state index is -0.419. The quantitative estimate of drug-likeness (QED) is 0.528. The van der Waals surface area contributed by atoms with Gasteiger partial charge in [-0.15, -0.1) is 0 Å². The number of nitrogens with one attached hydrogen (secondary N) is 1. The minimum absolute atomic E-state index is 0.324. The molecule has 1 aromatic rings. The number of rotatable bonds is 12. The van der Waals surface area contributed by atoms with Crippen molar-refractivity contribution in [2.75, 3.05) is 32.8 Å². The van der Waals surface area contributed by atoms with Crippen LogP contribution in [0.5, 0.6) is 5.75 Å². The minimum Gasteiger partial charge on any atom is -0.493 e. The predicted molar refractivity (Wildman–Crippen MR) is 116 cm³/mol. The number of piperazine rings is 1. The first kappa shape index (κ1) is 22.7. The molecule has 1 fully saturated rings. The molecule has 1 saturated heterocycles. The molecule has 0 spiro atoms. The molecule has 1 amide bonds. The van der Waals surface area contributed by atoms with Crippen molar-refractivity contribution in [1.29, 1.82) is 0 Å². The van der Waals surface area contributed by atoms with Crippen LogP contribution in [0.25, 0.3) is 0 Å². The van der Waals surface area contributed by atoms with E-state index in [1.54, 1.807) is 0 Å². The molecule has 1 heterocycles. The summed E-state index contributed by atoms with van der Waals surface area (Å²) in [5.41, 5.74) is 7.32. The van der Waals surface area contributed by atoms with Gasteiger partial charge in [0.2, 0.25) is 0 Å². The summed E-state index contributed by atoms with van der Waals surface area (Å²) >= 11 is 0. The first-order chi connectivity index (χ1) is 13.6. The Bertz CT molecular complexity index is 600. The number of amides is 1. The van der Waals surface area contributed by atoms with Gasteiger partial charge in [-0.2, -0.15) is 0 Å². The van der Waals surface area contributed by atoms with Crippen molar-refractivity contribution in [3.05, 3.63) is 29.3 Å². The van der Waals surface area contributed by atoms with Crippen molar-refractivity contribution in [2.45, 2.75) is 65.3 Å². The lowest BCUT2D eigenvalue weighted by molar-refractivity contribution is 0.0996. The highest BCUT2D eigenvalue weighted by Gasteiger charge is 2.24. The second-order valence-electron chi connectivity index (χ2n) is 8.03. The average Bonchev–Trinajstić information content (AvgIpc) is 2.70. The van der Waals surface area contributed by atoms with Crippen LogP contribution in [-0.4, -0.2) is 43.6 Å². The molecule has 2 unspecified atom stereocenters. The molecule has 0 saturated carbocycles. The zero-order valence-corrected chi connectivity index (χ0v) is 18.0. The Hall–Kier alpha value is -1.59. The third-order valence-electron chi connectivity index (χ3n) is 5.78. The molecule has 1 aliphatic heterocycles. The number of ether oxygens (including phenoxy) is 1. The maximum Gasteiger partial charge on any atom is 0.252 e. The Balaban J connectivity index is 2.16. The van der Waals surface area contributed by atoms with Gasteiger partial charge >= 0.3 is 0 Å². The Morgan fingerprint density at radius 3 is 2.57 bits per heavy atom. The van der Waals surface area contributed by atoms with Crippen molar-refractivity contribution in [3.8, 4) is 5.75 Å². The highest BCUT2D eigenvalue weighted by atomic mass is 16.5. The number of hydrogen-bond acceptors (Lipinski definition) is 4. The first-order valence-corrected chi connectivity index (χ1v) is 11.1. The van der Waals surface area contributed by atoms with E-state index in [4.69, 9.17) is 10.5 Å². The van der Waals surface area contributed by atoms with E-state index in [0.717, 1.165) is 38.5 Å². The van der Waals surface area contributed by atoms with E-state index >= 15 is 0 Å². The summed E-state index contributed by atoms with van der Waals surface area (Å²) < 4.78 is 5.61. The van der Waals surface area contributed by atoms with Gasteiger partial charge < -0.3 is 15.8 Å². The van der Waals surface area contributed by atoms with Crippen molar-refractivity contribution in [2.24, 2.45) is 11.7 Å². The maximum atomic E-state index is 12.0. The van der Waals surface area contributed by atoms with Crippen LogP contribution in [0.4, 0.5) is 0 Å². The van der Waals surface area contributed by atoms with Crippen molar-refractivity contribution >= 4 is 5.91 Å². The molecule has 5 nitrogen and oxygen atoms in total. The number of nitrogens with zero attached hydrogens (tertiary/aromatic N) is 1. The third-order valence-corrected chi connectivity index (χ3v) is 5.78. The van der Waals surface area contributed by atoms with Gasteiger partial charge in [0.15, 0.2) is 0 Å². The Labute approximate surface area is 171 Å². The van der Waals surface area contributed by atoms with Crippen LogP contribution in [0.1, 0.15) is 81.3 Å². The van der Waals surface area contributed by atoms with Gasteiger partial charge in [-0.1, -0.05) is 45.6 Å². The van der Waals surface area contributed by atoms with Crippen LogP contribution in [0.3, 0.4) is 0 Å². The molecular formula is C23H39N3O2. The molecule has 0 bridgehead atoms. The van der Waals surface area contributed by atoms with Gasteiger partial charge in [-0.3, -0.25) is 9.69 Å². The van der Waals surface area contributed by atoms with E-state index in [1.807, 2.05) is 19.1 Å². The smallest absolute Gasteiger partial charge is 0.252 e. The molecule has 1 aromatic carbocycles. The normalized spacial score (nSPS) is 17.2. The number of unbranched alkanes of at least 4 members (excludes halogenated alkanes) is 2. The fourth-order valence-corrected chi connectivity index (χ4v) is 4.11. The maximum absolute atomic E-state index is 12.0. The highest BCUT2D eigenvalue weighted by molar-refractivity contribution is 5.95. The highest BCUT2D eigenvalue weighted by Crippen LogP contribution is 2.32. The molecule has 0 radical (unpaired) electrons. The lowest BCUT2D eigenvalue weighted by Gasteiger charge is -2.36. The molecule has 2 rings (SSSR count). The van der Waals surface area contributed by atoms with Gasteiger partial charge in [0.05, 0.1) is 12.2 Å². The summed E-state index contributed by atoms with van der Waals surface area (Å²) in [7, 11) is 0. The SMILES string of the molecule is CCCCCC(C)CCC(c1ccc(OCC)c(C(N)=O)c1)N1CCNCC1. The molecule has 2 atom stereocenters. The van der Waals surface area contributed by atoms with E-state index in [0.29, 0.717) is 24.0 Å². The molecule has 28 heavy (non-hydrogen) atoms. The summed E-state index contributed by atoms with van der Waals surface area (Å²) in [6.07, 6.45) is 7.55. The number of primary amides is 1. The predicted octanol–water partition coefficient (Wildman–Crippen LogP) is 4.13. The second-order valence-corrected chi connectivity index (χ2v) is 8.03. The van der Waals surface area contributed by atoms with E-state index in [9.17, 15) is 4.79 Å². The summed E-state index contributed by atoms with van der Waals surface area (Å²) in [5, 5.41) is 3.44. The Morgan fingerprint density at radius 1 is 1.18 bits per heavy atom. The van der Waals surface area contributed by atoms with Crippen LogP contribution in [0, 0.1) is 5.92 Å². The summed E-state index contributed by atoms with van der Waals surface area (Å²) in [5.74, 6) is 0.901. The van der Waals surface area contributed by atoms with E-state index < -0.39 is 5.91 Å². The second kappa shape index (κ2) is 12.1. The van der Waals surface area contributed by atoms with Crippen LogP contribution >= 0.6 is 0 Å². The molecule has 3 N–H and O–H groups in total. The molecular weight excluding hydrogens is 350 g/mol. The average molecular weight is 390 g/mol. The van der Waals surface area contributed by atoms with Gasteiger partial charge in [-0.05, 0) is 43.4 Å². The number of benzene rings is 1. The third kappa shape index (κ3) is 6.78. The fraction of sp³-hybridized carbons (Fsp3) is 0.696. The van der Waals surface area contributed by atoms with Gasteiger partial charge in [0, 0.05) is 32.2 Å². The van der Waals surface area contributed by atoms with Crippen molar-refractivity contribution in [3.63, 3.8) is 0 Å². The van der Waals surface area contributed by atoms with Crippen LogP contribution < -0.4 is 15.8 Å². The van der Waals surface area contributed by atoms with E-state index in [2.05, 4.69) is 30.1 Å². The van der Waals surface area contributed by atoms with E-state index in [-0.39, 0.29) is 0 Å². The molecule has 0 aromatic heterocycles. The fourth-order valence-electron chi connectivity index (χ4n) is 4.11. The lowest BCUT2D eigenvalue weighted by Crippen LogP contribution is -2.45. The van der Waals surface area contributed by atoms with Gasteiger partial charge in [0.25, 0.3) is 5.91 Å². The van der Waals surface area contributed by atoms with Gasteiger partial charge in [0.1, 0.15) is 5.75 Å². The van der Waals surface area contributed by atoms with E-state index in [1.165, 1.54) is 37.7 Å². The summed E-state index contributed by atoms with van der Waals surface area (Å²) in [6, 6.07) is 6.32. The molecule has 5 heteroatoms. The Morgan fingerprint density at radius 2 is 1.93 bits per heavy atom.